The predicted molar refractivity (Wildman–Crippen MR) is 110 cm³/mol. The van der Waals surface area contributed by atoms with Gasteiger partial charge in [-0.2, -0.15) is 0 Å². The average molecular weight is 369 g/mol. The summed E-state index contributed by atoms with van der Waals surface area (Å²) >= 11 is 0. The number of amides is 1. The number of carbonyl (C=O) groups excluding carboxylic acids is 1. The molecule has 2 atom stereocenters. The van der Waals surface area contributed by atoms with Crippen molar-refractivity contribution in [2.75, 3.05) is 33.2 Å². The Morgan fingerprint density at radius 3 is 2.89 bits per heavy atom. The van der Waals surface area contributed by atoms with Gasteiger partial charge in [0.2, 0.25) is 5.91 Å². The van der Waals surface area contributed by atoms with E-state index in [0.29, 0.717) is 24.3 Å². The maximum Gasteiger partial charge on any atom is 0.222 e. The van der Waals surface area contributed by atoms with Crippen LogP contribution in [0.5, 0.6) is 0 Å². The fourth-order valence-electron chi connectivity index (χ4n) is 5.00. The molecular weight excluding hydrogens is 336 g/mol. The summed E-state index contributed by atoms with van der Waals surface area (Å²) in [5.41, 5.74) is 4.01. The maximum atomic E-state index is 12.4. The van der Waals surface area contributed by atoms with E-state index in [1.807, 2.05) is 7.05 Å². The van der Waals surface area contributed by atoms with Crippen molar-refractivity contribution in [1.29, 1.82) is 0 Å². The molecule has 1 amide bonds. The van der Waals surface area contributed by atoms with Gasteiger partial charge in [-0.3, -0.25) is 9.69 Å². The van der Waals surface area contributed by atoms with Gasteiger partial charge in [0, 0.05) is 68.8 Å². The summed E-state index contributed by atoms with van der Waals surface area (Å²) in [6.45, 7) is 7.06. The molecule has 0 saturated carbocycles. The number of aryl methyl sites for hydroxylation is 2. The summed E-state index contributed by atoms with van der Waals surface area (Å²) < 4.78 is 2.34. The Bertz CT molecular complexity index is 827. The Hall–Kier alpha value is -1.85. The van der Waals surface area contributed by atoms with Gasteiger partial charge in [0.25, 0.3) is 0 Å². The van der Waals surface area contributed by atoms with E-state index in [4.69, 9.17) is 0 Å². The van der Waals surface area contributed by atoms with Gasteiger partial charge in [-0.1, -0.05) is 11.6 Å². The van der Waals surface area contributed by atoms with Crippen molar-refractivity contribution in [3.63, 3.8) is 0 Å². The number of hydrogen-bond donors (Lipinski definition) is 1. The fraction of sp³-hybridized carbons (Fsp3) is 0.591. The van der Waals surface area contributed by atoms with Gasteiger partial charge in [-0.25, -0.2) is 0 Å². The number of nitrogens with one attached hydrogen (secondary N) is 1. The number of likely N-dealkylation sites (N-methyl/N-ethyl adjacent to an activating group) is 1. The average Bonchev–Trinajstić information content (AvgIpc) is 2.96. The van der Waals surface area contributed by atoms with Crippen LogP contribution in [0.1, 0.15) is 30.5 Å². The topological polar surface area (TPSA) is 40.5 Å². The van der Waals surface area contributed by atoms with Crippen molar-refractivity contribution in [3.05, 3.63) is 35.5 Å². The number of carbonyl (C=O) groups is 1. The molecule has 2 aromatic rings. The van der Waals surface area contributed by atoms with Gasteiger partial charge in [0.05, 0.1) is 0 Å². The van der Waals surface area contributed by atoms with Crippen molar-refractivity contribution in [2.45, 2.75) is 38.8 Å². The van der Waals surface area contributed by atoms with Crippen LogP contribution in [0, 0.1) is 12.8 Å². The molecule has 0 radical (unpaired) electrons. The van der Waals surface area contributed by atoms with Crippen LogP contribution in [0.4, 0.5) is 0 Å². The third kappa shape index (κ3) is 3.63. The quantitative estimate of drug-likeness (QED) is 0.882. The van der Waals surface area contributed by atoms with Crippen LogP contribution in [0.25, 0.3) is 10.9 Å². The molecule has 0 unspecified atom stereocenters. The molecule has 1 N–H and O–H groups in total. The van der Waals surface area contributed by atoms with Crippen molar-refractivity contribution in [3.8, 4) is 0 Å². The van der Waals surface area contributed by atoms with Crippen molar-refractivity contribution in [1.82, 2.24) is 19.7 Å². The first-order chi connectivity index (χ1) is 13.1. The summed E-state index contributed by atoms with van der Waals surface area (Å²) in [7, 11) is 4.14. The summed E-state index contributed by atoms with van der Waals surface area (Å²) in [4.78, 5) is 17.1. The zero-order valence-electron chi connectivity index (χ0n) is 16.9. The third-order valence-corrected chi connectivity index (χ3v) is 6.51. The van der Waals surface area contributed by atoms with Gasteiger partial charge >= 0.3 is 0 Å². The number of piperidine rings is 2. The molecule has 146 valence electrons. The molecule has 2 aliphatic rings. The molecule has 1 aromatic heterocycles. The van der Waals surface area contributed by atoms with E-state index in [2.05, 4.69) is 57.9 Å². The Morgan fingerprint density at radius 2 is 2.07 bits per heavy atom. The van der Waals surface area contributed by atoms with E-state index in [9.17, 15) is 4.79 Å². The van der Waals surface area contributed by atoms with Crippen molar-refractivity contribution in [2.24, 2.45) is 13.0 Å². The molecule has 0 aliphatic carbocycles. The summed E-state index contributed by atoms with van der Waals surface area (Å²) in [5, 5.41) is 4.53. The van der Waals surface area contributed by atoms with Gasteiger partial charge in [0.15, 0.2) is 0 Å². The van der Waals surface area contributed by atoms with Crippen LogP contribution in [0.3, 0.4) is 0 Å². The zero-order chi connectivity index (χ0) is 19.0. The first-order valence-electron chi connectivity index (χ1n) is 10.3. The molecule has 3 heterocycles. The number of rotatable bonds is 5. The maximum absolute atomic E-state index is 12.4. The number of hydrogen-bond acceptors (Lipinski definition) is 3. The summed E-state index contributed by atoms with van der Waals surface area (Å²) in [5.74, 6) is 0.967. The third-order valence-electron chi connectivity index (χ3n) is 6.51. The van der Waals surface area contributed by atoms with Crippen LogP contribution in [-0.4, -0.2) is 59.5 Å². The van der Waals surface area contributed by atoms with Crippen LogP contribution >= 0.6 is 0 Å². The lowest BCUT2D eigenvalue weighted by Crippen LogP contribution is -2.56. The molecule has 4 rings (SSSR count). The van der Waals surface area contributed by atoms with Gasteiger partial charge < -0.3 is 14.8 Å². The molecule has 27 heavy (non-hydrogen) atoms. The Balaban J connectivity index is 1.46. The lowest BCUT2D eigenvalue weighted by atomic mass is 9.83. The highest BCUT2D eigenvalue weighted by atomic mass is 16.2. The normalized spacial score (nSPS) is 23.8. The summed E-state index contributed by atoms with van der Waals surface area (Å²) in [6, 6.07) is 9.48. The molecule has 0 spiro atoms. The molecule has 0 bridgehead atoms. The molecule has 5 heteroatoms. The monoisotopic (exact) mass is 368 g/mol. The highest BCUT2D eigenvalue weighted by molar-refractivity contribution is 5.82. The number of aromatic nitrogens is 1. The number of nitrogens with zero attached hydrogens (tertiary/aromatic N) is 3. The SMILES string of the molecule is CNCCN1C(=O)CC[C@H]2CN(Cc3cc4cc(C)ccc4n3C)CC[C@H]21. The minimum absolute atomic E-state index is 0.351. The molecular formula is C22H32N4O. The zero-order valence-corrected chi connectivity index (χ0v) is 16.9. The van der Waals surface area contributed by atoms with E-state index in [-0.39, 0.29) is 0 Å². The lowest BCUT2D eigenvalue weighted by Gasteiger charge is -2.47. The number of fused-ring (bicyclic) bond motifs is 2. The van der Waals surface area contributed by atoms with Crippen LogP contribution in [0.2, 0.25) is 0 Å². The lowest BCUT2D eigenvalue weighted by molar-refractivity contribution is -0.141. The largest absolute Gasteiger partial charge is 0.346 e. The highest BCUT2D eigenvalue weighted by Crippen LogP contribution is 2.32. The smallest absolute Gasteiger partial charge is 0.222 e. The highest BCUT2D eigenvalue weighted by Gasteiger charge is 2.38. The van der Waals surface area contributed by atoms with E-state index in [1.165, 1.54) is 22.2 Å². The minimum Gasteiger partial charge on any atom is -0.346 e. The standard InChI is InChI=1S/C22H32N4O/c1-16-4-6-20-18(12-16)13-19(24(20)3)15-25-10-8-21-17(14-25)5-7-22(27)26(21)11-9-23-2/h4,6,12-13,17,21,23H,5,7-11,14-15H2,1-3H3/t17-,21+/m0/s1. The van der Waals surface area contributed by atoms with Crippen molar-refractivity contribution >= 4 is 16.8 Å². The Morgan fingerprint density at radius 1 is 1.22 bits per heavy atom. The second kappa shape index (κ2) is 7.64. The van der Waals surface area contributed by atoms with E-state index in [1.54, 1.807) is 0 Å². The number of benzene rings is 1. The van der Waals surface area contributed by atoms with Crippen molar-refractivity contribution < 1.29 is 4.79 Å². The minimum atomic E-state index is 0.351. The fourth-order valence-corrected chi connectivity index (χ4v) is 5.00. The second-order valence-electron chi connectivity index (χ2n) is 8.34. The Kier molecular flexibility index (Phi) is 5.24. The van der Waals surface area contributed by atoms with E-state index >= 15 is 0 Å². The molecule has 1 aromatic carbocycles. The Labute approximate surface area is 162 Å². The first kappa shape index (κ1) is 18.5. The summed E-state index contributed by atoms with van der Waals surface area (Å²) in [6.07, 6.45) is 2.86. The van der Waals surface area contributed by atoms with E-state index in [0.717, 1.165) is 45.6 Å². The predicted octanol–water partition coefficient (Wildman–Crippen LogP) is 2.52. The van der Waals surface area contributed by atoms with Gasteiger partial charge in [-0.05, 0) is 50.9 Å². The second-order valence-corrected chi connectivity index (χ2v) is 8.34. The van der Waals surface area contributed by atoms with E-state index < -0.39 is 0 Å². The number of likely N-dealkylation sites (tertiary alicyclic amines) is 2. The van der Waals surface area contributed by atoms with Crippen LogP contribution < -0.4 is 5.32 Å². The molecule has 2 aliphatic heterocycles. The van der Waals surface area contributed by atoms with Gasteiger partial charge in [-0.15, -0.1) is 0 Å². The molecule has 2 saturated heterocycles. The molecule has 5 nitrogen and oxygen atoms in total. The van der Waals surface area contributed by atoms with Crippen LogP contribution in [-0.2, 0) is 18.4 Å². The molecule has 2 fully saturated rings. The first-order valence-corrected chi connectivity index (χ1v) is 10.3. The van der Waals surface area contributed by atoms with Gasteiger partial charge in [0.1, 0.15) is 0 Å². The van der Waals surface area contributed by atoms with Crippen LogP contribution in [0.15, 0.2) is 24.3 Å².